The molecule has 0 fully saturated rings. The predicted molar refractivity (Wildman–Crippen MR) is 148 cm³/mol. The maximum Gasteiger partial charge on any atom is 0.228 e. The van der Waals surface area contributed by atoms with E-state index in [2.05, 4.69) is 9.98 Å². The summed E-state index contributed by atoms with van der Waals surface area (Å²) in [7, 11) is 0. The molecule has 0 atom stereocenters. The van der Waals surface area contributed by atoms with Crippen molar-refractivity contribution in [2.24, 2.45) is 9.98 Å². The van der Waals surface area contributed by atoms with E-state index in [0.29, 0.717) is 0 Å². The van der Waals surface area contributed by atoms with Gasteiger partial charge in [0.1, 0.15) is 22.7 Å². The lowest BCUT2D eigenvalue weighted by Gasteiger charge is -2.08. The first-order valence-electron chi connectivity index (χ1n) is 13.2. The summed E-state index contributed by atoms with van der Waals surface area (Å²) in [4.78, 5) is 7.87. The molecule has 0 N–H and O–H groups in total. The van der Waals surface area contributed by atoms with Gasteiger partial charge in [-0.3, -0.25) is 0 Å². The van der Waals surface area contributed by atoms with Gasteiger partial charge in [-0.2, -0.15) is 0 Å². The second-order valence-electron chi connectivity index (χ2n) is 9.85. The molecule has 0 saturated heterocycles. The van der Waals surface area contributed by atoms with E-state index >= 15 is 17.6 Å². The number of halogens is 10. The van der Waals surface area contributed by atoms with E-state index in [1.807, 2.05) is 0 Å². The third-order valence-electron chi connectivity index (χ3n) is 7.09. The number of hydrogen-bond acceptors (Lipinski definition) is 6. The molecule has 0 spiro atoms. The van der Waals surface area contributed by atoms with E-state index in [1.165, 1.54) is 36.8 Å². The first-order valence-corrected chi connectivity index (χ1v) is 13.2. The molecular formula is C32H10F10N2O4. The van der Waals surface area contributed by atoms with Gasteiger partial charge in [-0.1, -0.05) is 0 Å². The third kappa shape index (κ3) is 4.66. The topological polar surface area (TPSA) is 77.3 Å². The van der Waals surface area contributed by atoms with E-state index in [-0.39, 0.29) is 11.5 Å². The Morgan fingerprint density at radius 3 is 1.08 bits per heavy atom. The lowest BCUT2D eigenvalue weighted by atomic mass is 9.98. The highest BCUT2D eigenvalue weighted by atomic mass is 19.2. The molecule has 4 heterocycles. The van der Waals surface area contributed by atoms with Gasteiger partial charge in [0.2, 0.25) is 23.4 Å². The molecule has 16 heteroatoms. The molecule has 242 valence electrons. The average molecular weight is 676 g/mol. The molecule has 0 bridgehead atoms. The minimum atomic E-state index is -2.44. The van der Waals surface area contributed by atoms with E-state index in [4.69, 9.17) is 17.7 Å². The minimum absolute atomic E-state index is 0.0697. The van der Waals surface area contributed by atoms with Crippen LogP contribution in [0.2, 0.25) is 0 Å². The van der Waals surface area contributed by atoms with Crippen LogP contribution in [0.1, 0.15) is 11.5 Å². The second kappa shape index (κ2) is 11.3. The smallest absolute Gasteiger partial charge is 0.228 e. The molecule has 48 heavy (non-hydrogen) atoms. The van der Waals surface area contributed by atoms with Gasteiger partial charge in [0.05, 0.1) is 47.2 Å². The lowest BCUT2D eigenvalue weighted by molar-refractivity contribution is 0.381. The molecule has 0 aliphatic carbocycles. The molecule has 0 aliphatic heterocycles. The van der Waals surface area contributed by atoms with Crippen molar-refractivity contribution in [3.05, 3.63) is 119 Å². The van der Waals surface area contributed by atoms with Gasteiger partial charge in [0.25, 0.3) is 0 Å². The van der Waals surface area contributed by atoms with Crippen LogP contribution in [0.25, 0.3) is 44.2 Å². The van der Waals surface area contributed by atoms with Crippen molar-refractivity contribution in [1.82, 2.24) is 0 Å². The van der Waals surface area contributed by atoms with Crippen molar-refractivity contribution >= 4 is 46.1 Å². The van der Waals surface area contributed by atoms with Crippen molar-refractivity contribution in [2.75, 3.05) is 0 Å². The van der Waals surface area contributed by atoms with Gasteiger partial charge in [0.15, 0.2) is 46.5 Å². The quantitative estimate of drug-likeness (QED) is 0.0760. The van der Waals surface area contributed by atoms with Gasteiger partial charge in [-0.15, -0.1) is 0 Å². The number of aliphatic imine (C=N–C) groups is 2. The molecule has 7 rings (SSSR count). The summed E-state index contributed by atoms with van der Waals surface area (Å²) in [6.45, 7) is 0. The highest BCUT2D eigenvalue weighted by Gasteiger charge is 2.34. The zero-order valence-electron chi connectivity index (χ0n) is 23.1. The monoisotopic (exact) mass is 676 g/mol. The fourth-order valence-electron chi connectivity index (χ4n) is 4.95. The first-order chi connectivity index (χ1) is 23.0. The van der Waals surface area contributed by atoms with Crippen LogP contribution in [0, 0.1) is 58.2 Å². The number of fused-ring (bicyclic) bond motifs is 2. The normalized spacial score (nSPS) is 12.2. The highest BCUT2D eigenvalue weighted by Crippen LogP contribution is 2.49. The van der Waals surface area contributed by atoms with Gasteiger partial charge < -0.3 is 17.7 Å². The Morgan fingerprint density at radius 1 is 0.438 bits per heavy atom. The van der Waals surface area contributed by atoms with Crippen molar-refractivity contribution in [3.8, 4) is 22.3 Å². The van der Waals surface area contributed by atoms with Gasteiger partial charge in [-0.05, 0) is 36.4 Å². The minimum Gasteiger partial charge on any atom is -0.463 e. The van der Waals surface area contributed by atoms with Crippen molar-refractivity contribution < 1.29 is 61.6 Å². The van der Waals surface area contributed by atoms with E-state index < -0.39 is 114 Å². The summed E-state index contributed by atoms with van der Waals surface area (Å²) in [5, 5.41) is -0.812. The third-order valence-corrected chi connectivity index (χ3v) is 7.09. The van der Waals surface area contributed by atoms with E-state index in [0.717, 1.165) is 24.6 Å². The van der Waals surface area contributed by atoms with Gasteiger partial charge >= 0.3 is 0 Å². The Hall–Kier alpha value is -6.06. The van der Waals surface area contributed by atoms with Crippen molar-refractivity contribution in [3.63, 3.8) is 0 Å². The zero-order valence-corrected chi connectivity index (χ0v) is 23.1. The van der Waals surface area contributed by atoms with Crippen LogP contribution in [0.4, 0.5) is 55.7 Å². The first kappa shape index (κ1) is 30.6. The maximum atomic E-state index is 15.2. The Bertz CT molecular complexity index is 2230. The van der Waals surface area contributed by atoms with Crippen LogP contribution in [-0.2, 0) is 0 Å². The van der Waals surface area contributed by atoms with Gasteiger partial charge in [0, 0.05) is 10.8 Å². The van der Waals surface area contributed by atoms with E-state index in [1.54, 1.807) is 0 Å². The molecule has 0 amide bonds. The summed E-state index contributed by atoms with van der Waals surface area (Å²) in [5.41, 5.74) is -5.40. The van der Waals surface area contributed by atoms with Crippen LogP contribution in [-0.4, -0.2) is 12.4 Å². The fourth-order valence-corrected chi connectivity index (χ4v) is 4.95. The maximum absolute atomic E-state index is 15.2. The SMILES string of the molecule is Fc1c(F)c(F)c(-c2c(/N=C\c3ccco3)oc3cc4c(-c5c(F)c(F)c(F)c(F)c5F)c(/N=C\c5ccco5)oc4cc23)c(F)c1F. The molecule has 4 aromatic heterocycles. The van der Waals surface area contributed by atoms with Crippen LogP contribution < -0.4 is 0 Å². The lowest BCUT2D eigenvalue weighted by Crippen LogP contribution is -2.04. The molecule has 6 nitrogen and oxygen atoms in total. The predicted octanol–water partition coefficient (Wildman–Crippen LogP) is 10.6. The Labute approximate surface area is 258 Å². The van der Waals surface area contributed by atoms with E-state index in [9.17, 15) is 26.3 Å². The number of nitrogens with zero attached hydrogens (tertiary/aromatic N) is 2. The summed E-state index contributed by atoms with van der Waals surface area (Å²) < 4.78 is 167. The standard InChI is InChI=1S/C32H10F10N2O4/c33-21-19(22(34)26(38)29(41)25(21)37)17-13-7-16-14(8-15(13)47-31(17)43-9-11-3-1-5-45-11)18(32(48-16)44-10-12-4-2-6-46-12)20-23(35)27(39)30(42)28(40)24(20)36/h1-10H/b43-9-,44-10-. The number of hydrogen-bond donors (Lipinski definition) is 0. The van der Waals surface area contributed by atoms with Crippen LogP contribution >= 0.6 is 0 Å². The summed E-state index contributed by atoms with van der Waals surface area (Å²) >= 11 is 0. The molecule has 7 aromatic rings. The van der Waals surface area contributed by atoms with Crippen molar-refractivity contribution in [1.29, 1.82) is 0 Å². The molecule has 3 aromatic carbocycles. The Kier molecular flexibility index (Phi) is 7.22. The summed E-state index contributed by atoms with van der Waals surface area (Å²) in [6.07, 6.45) is 4.45. The number of furan rings is 4. The number of rotatable bonds is 6. The molecule has 0 aliphatic rings. The molecule has 0 saturated carbocycles. The summed E-state index contributed by atoms with van der Waals surface area (Å²) in [5.74, 6) is -24.4. The second-order valence-corrected chi connectivity index (χ2v) is 9.85. The average Bonchev–Trinajstić information content (AvgIpc) is 3.90. The Morgan fingerprint density at radius 2 is 0.771 bits per heavy atom. The highest BCUT2D eigenvalue weighted by molar-refractivity contribution is 6.11. The number of benzene rings is 3. The van der Waals surface area contributed by atoms with Crippen LogP contribution in [0.5, 0.6) is 0 Å². The zero-order chi connectivity index (χ0) is 34.0. The summed E-state index contributed by atoms with van der Waals surface area (Å²) in [6, 6.07) is 7.53. The fraction of sp³-hybridized carbons (Fsp3) is 0. The largest absolute Gasteiger partial charge is 0.463 e. The molecule has 0 unspecified atom stereocenters. The molecule has 0 radical (unpaired) electrons. The molecular weight excluding hydrogens is 666 g/mol. The van der Waals surface area contributed by atoms with Crippen LogP contribution in [0.3, 0.4) is 0 Å². The van der Waals surface area contributed by atoms with Crippen LogP contribution in [0.15, 0.2) is 76.6 Å². The van der Waals surface area contributed by atoms with Crippen molar-refractivity contribution in [2.45, 2.75) is 0 Å². The Balaban J connectivity index is 1.57. The van der Waals surface area contributed by atoms with Gasteiger partial charge in [-0.25, -0.2) is 53.9 Å².